The molecule has 0 aromatic heterocycles. The Morgan fingerprint density at radius 2 is 0.944 bits per heavy atom. The van der Waals surface area contributed by atoms with Crippen LogP contribution in [0.15, 0.2) is 36.5 Å². The molecule has 0 aromatic carbocycles. The Kier molecular flexibility index (Phi) is 15.5. The first kappa shape index (κ1) is 17.2. The number of allylic oxidation sites excluding steroid dienone is 6. The second kappa shape index (κ2) is 16.2. The van der Waals surface area contributed by atoms with E-state index in [2.05, 4.69) is 50.3 Å². The predicted octanol–water partition coefficient (Wildman–Crippen LogP) is 6.60. The van der Waals surface area contributed by atoms with E-state index in [1.165, 1.54) is 64.2 Å². The van der Waals surface area contributed by atoms with Gasteiger partial charge in [0.2, 0.25) is 0 Å². The smallest absolute Gasteiger partial charge is 0.0348 e. The molecule has 0 atom stereocenters. The van der Waals surface area contributed by atoms with Crippen LogP contribution in [0.5, 0.6) is 0 Å². The molecule has 0 bridgehead atoms. The minimum atomic E-state index is 1.22. The van der Waals surface area contributed by atoms with Gasteiger partial charge in [0.05, 0.1) is 0 Å². The summed E-state index contributed by atoms with van der Waals surface area (Å²) < 4.78 is 0. The first-order chi connectivity index (χ1) is 8.91. The summed E-state index contributed by atoms with van der Waals surface area (Å²) in [7, 11) is 0. The molecule has 0 nitrogen and oxygen atoms in total. The van der Waals surface area contributed by atoms with Gasteiger partial charge in [0.25, 0.3) is 0 Å². The van der Waals surface area contributed by atoms with Crippen molar-refractivity contribution in [2.45, 2.75) is 78.1 Å². The van der Waals surface area contributed by atoms with Crippen molar-refractivity contribution in [2.75, 3.05) is 0 Å². The van der Waals surface area contributed by atoms with Gasteiger partial charge in [0, 0.05) is 0 Å². The lowest BCUT2D eigenvalue weighted by Crippen LogP contribution is -1.75. The average Bonchev–Trinajstić information content (AvgIpc) is 2.39. The summed E-state index contributed by atoms with van der Waals surface area (Å²) in [5.41, 5.74) is 0. The highest BCUT2D eigenvalue weighted by Gasteiger charge is 1.85. The van der Waals surface area contributed by atoms with Gasteiger partial charge in [0.15, 0.2) is 0 Å². The van der Waals surface area contributed by atoms with Crippen LogP contribution in [0.1, 0.15) is 78.1 Å². The Hall–Kier alpha value is -0.780. The third kappa shape index (κ3) is 15.2. The molecule has 0 saturated heterocycles. The van der Waals surface area contributed by atoms with Crippen LogP contribution >= 0.6 is 0 Å². The molecule has 0 saturated carbocycles. The Bertz CT molecular complexity index is 220. The van der Waals surface area contributed by atoms with Gasteiger partial charge in [-0.3, -0.25) is 0 Å². The van der Waals surface area contributed by atoms with Crippen molar-refractivity contribution < 1.29 is 0 Å². The molecule has 0 aliphatic rings. The maximum Gasteiger partial charge on any atom is -0.0348 e. The largest absolute Gasteiger partial charge is 0.0845 e. The van der Waals surface area contributed by atoms with Crippen molar-refractivity contribution in [3.63, 3.8) is 0 Å². The lowest BCUT2D eigenvalue weighted by Gasteiger charge is -1.95. The summed E-state index contributed by atoms with van der Waals surface area (Å²) in [5.74, 6) is 0. The van der Waals surface area contributed by atoms with Crippen LogP contribution < -0.4 is 0 Å². The van der Waals surface area contributed by atoms with Gasteiger partial charge in [-0.15, -0.1) is 0 Å². The van der Waals surface area contributed by atoms with Crippen LogP contribution in [0.2, 0.25) is 0 Å². The Morgan fingerprint density at radius 3 is 1.50 bits per heavy atom. The fourth-order valence-electron chi connectivity index (χ4n) is 1.86. The average molecular weight is 248 g/mol. The topological polar surface area (TPSA) is 0 Å². The van der Waals surface area contributed by atoms with Crippen LogP contribution in [0.25, 0.3) is 0 Å². The van der Waals surface area contributed by atoms with Crippen LogP contribution in [0.3, 0.4) is 0 Å². The van der Waals surface area contributed by atoms with E-state index in [0.717, 1.165) is 0 Å². The molecule has 0 fully saturated rings. The summed E-state index contributed by atoms with van der Waals surface area (Å²) in [6.07, 6.45) is 26.5. The first-order valence-corrected chi connectivity index (χ1v) is 7.90. The summed E-state index contributed by atoms with van der Waals surface area (Å²) in [6, 6.07) is 0. The van der Waals surface area contributed by atoms with Crippen molar-refractivity contribution in [3.05, 3.63) is 36.5 Å². The molecule has 18 heavy (non-hydrogen) atoms. The number of hydrogen-bond donors (Lipinski definition) is 0. The monoisotopic (exact) mass is 248 g/mol. The van der Waals surface area contributed by atoms with Gasteiger partial charge in [-0.1, -0.05) is 88.8 Å². The zero-order chi connectivity index (χ0) is 13.3. The van der Waals surface area contributed by atoms with Gasteiger partial charge in [-0.05, 0) is 25.7 Å². The van der Waals surface area contributed by atoms with E-state index in [1.54, 1.807) is 0 Å². The highest BCUT2D eigenvalue weighted by atomic mass is 13.9. The van der Waals surface area contributed by atoms with Crippen molar-refractivity contribution in [1.82, 2.24) is 0 Å². The van der Waals surface area contributed by atoms with Crippen molar-refractivity contribution in [1.29, 1.82) is 0 Å². The minimum Gasteiger partial charge on any atom is -0.0845 e. The number of rotatable bonds is 12. The fourth-order valence-corrected chi connectivity index (χ4v) is 1.86. The van der Waals surface area contributed by atoms with Crippen LogP contribution in [-0.4, -0.2) is 0 Å². The zero-order valence-electron chi connectivity index (χ0n) is 12.5. The van der Waals surface area contributed by atoms with Crippen molar-refractivity contribution in [3.8, 4) is 0 Å². The van der Waals surface area contributed by atoms with E-state index in [1.807, 2.05) is 0 Å². The van der Waals surface area contributed by atoms with E-state index in [0.29, 0.717) is 0 Å². The molecule has 0 heterocycles. The SMILES string of the molecule is CCCCC/C=C/C=C\C=C\CCCCCCC. The summed E-state index contributed by atoms with van der Waals surface area (Å²) in [4.78, 5) is 0. The van der Waals surface area contributed by atoms with E-state index in [4.69, 9.17) is 0 Å². The lowest BCUT2D eigenvalue weighted by molar-refractivity contribution is 0.637. The first-order valence-electron chi connectivity index (χ1n) is 7.90. The summed E-state index contributed by atoms with van der Waals surface area (Å²) in [6.45, 7) is 4.51. The predicted molar refractivity (Wildman–Crippen MR) is 84.9 cm³/mol. The Balaban J connectivity index is 3.29. The maximum absolute atomic E-state index is 2.29. The molecule has 104 valence electrons. The van der Waals surface area contributed by atoms with E-state index in [9.17, 15) is 0 Å². The third-order valence-corrected chi connectivity index (χ3v) is 3.05. The summed E-state index contributed by atoms with van der Waals surface area (Å²) in [5, 5.41) is 0. The summed E-state index contributed by atoms with van der Waals surface area (Å²) >= 11 is 0. The maximum atomic E-state index is 2.29. The highest BCUT2D eigenvalue weighted by molar-refractivity contribution is 5.10. The second-order valence-corrected chi connectivity index (χ2v) is 4.94. The van der Waals surface area contributed by atoms with Crippen LogP contribution in [0.4, 0.5) is 0 Å². The Labute approximate surface area is 115 Å². The molecule has 0 spiro atoms. The van der Waals surface area contributed by atoms with Gasteiger partial charge >= 0.3 is 0 Å². The molecule has 0 rings (SSSR count). The second-order valence-electron chi connectivity index (χ2n) is 4.94. The molecule has 0 heteroatoms. The molecule has 0 aliphatic heterocycles. The normalized spacial score (nSPS) is 12.3. The zero-order valence-corrected chi connectivity index (χ0v) is 12.5. The number of hydrogen-bond acceptors (Lipinski definition) is 0. The van der Waals surface area contributed by atoms with Gasteiger partial charge < -0.3 is 0 Å². The molecular weight excluding hydrogens is 216 g/mol. The number of unbranched alkanes of at least 4 members (excludes halogenated alkanes) is 8. The molecule has 0 unspecified atom stereocenters. The van der Waals surface area contributed by atoms with E-state index >= 15 is 0 Å². The highest BCUT2D eigenvalue weighted by Crippen LogP contribution is 2.05. The van der Waals surface area contributed by atoms with Crippen LogP contribution in [-0.2, 0) is 0 Å². The molecule has 0 radical (unpaired) electrons. The standard InChI is InChI=1S/C18H32/c1-3-5-7-9-11-13-15-17-18-16-14-12-10-8-6-4-2/h11,13,15-18H,3-10,12,14H2,1-2H3/b13-11+,17-15-,18-16+. The van der Waals surface area contributed by atoms with E-state index in [-0.39, 0.29) is 0 Å². The van der Waals surface area contributed by atoms with Gasteiger partial charge in [0.1, 0.15) is 0 Å². The lowest BCUT2D eigenvalue weighted by atomic mass is 10.1. The van der Waals surface area contributed by atoms with Gasteiger partial charge in [-0.25, -0.2) is 0 Å². The Morgan fingerprint density at radius 1 is 0.500 bits per heavy atom. The molecule has 0 N–H and O–H groups in total. The van der Waals surface area contributed by atoms with Crippen molar-refractivity contribution >= 4 is 0 Å². The third-order valence-electron chi connectivity index (χ3n) is 3.05. The molecule has 0 amide bonds. The van der Waals surface area contributed by atoms with Crippen molar-refractivity contribution in [2.24, 2.45) is 0 Å². The van der Waals surface area contributed by atoms with E-state index < -0.39 is 0 Å². The fraction of sp³-hybridized carbons (Fsp3) is 0.667. The molecule has 0 aliphatic carbocycles. The molecule has 0 aromatic rings. The quantitative estimate of drug-likeness (QED) is 0.270. The molecular formula is C18H32. The van der Waals surface area contributed by atoms with Crippen LogP contribution in [0, 0.1) is 0 Å². The minimum absolute atomic E-state index is 1.22. The van der Waals surface area contributed by atoms with Gasteiger partial charge in [-0.2, -0.15) is 0 Å².